The van der Waals surface area contributed by atoms with Gasteiger partial charge in [0, 0.05) is 30.8 Å². The van der Waals surface area contributed by atoms with Crippen LogP contribution in [0, 0.1) is 15.5 Å². The molecule has 1 unspecified atom stereocenters. The molecule has 1 atom stereocenters. The third-order valence-corrected chi connectivity index (χ3v) is 6.76. The predicted molar refractivity (Wildman–Crippen MR) is 134 cm³/mol. The molecule has 1 aliphatic heterocycles. The van der Waals surface area contributed by atoms with E-state index in [1.807, 2.05) is 42.5 Å². The molecule has 0 radical (unpaired) electrons. The number of amides is 1. The van der Waals surface area contributed by atoms with Gasteiger partial charge < -0.3 is 15.4 Å². The molecule has 4 rings (SSSR count). The summed E-state index contributed by atoms with van der Waals surface area (Å²) in [5, 5.41) is 13.0. The fourth-order valence-electron chi connectivity index (χ4n) is 4.76. The van der Waals surface area contributed by atoms with E-state index in [1.54, 1.807) is 17.0 Å². The first kappa shape index (κ1) is 24.3. The van der Waals surface area contributed by atoms with Crippen LogP contribution in [0.15, 0.2) is 66.7 Å². The third kappa shape index (κ3) is 5.33. The number of nitro benzene ring substituents is 1. The van der Waals surface area contributed by atoms with Gasteiger partial charge in [0.15, 0.2) is 0 Å². The average Bonchev–Trinajstić information content (AvgIpc) is 2.87. The van der Waals surface area contributed by atoms with Crippen LogP contribution in [0.25, 0.3) is 10.8 Å². The molecule has 0 bridgehead atoms. The van der Waals surface area contributed by atoms with Gasteiger partial charge in [0.25, 0.3) is 5.69 Å². The van der Waals surface area contributed by atoms with Crippen molar-refractivity contribution in [2.24, 2.45) is 11.1 Å². The second-order valence-electron chi connectivity index (χ2n) is 8.99. The minimum atomic E-state index is -0.909. The topological polar surface area (TPSA) is 116 Å². The number of ether oxygens (including phenoxy) is 1. The molecule has 3 aromatic rings. The summed E-state index contributed by atoms with van der Waals surface area (Å²) in [5.41, 5.74) is 6.23. The molecule has 1 saturated heterocycles. The van der Waals surface area contributed by atoms with E-state index in [0.29, 0.717) is 31.6 Å². The number of hydrogen-bond acceptors (Lipinski definition) is 6. The van der Waals surface area contributed by atoms with Crippen LogP contribution in [0.2, 0.25) is 0 Å². The Balaban J connectivity index is 1.50. The number of nitro groups is 1. The van der Waals surface area contributed by atoms with Crippen LogP contribution >= 0.6 is 0 Å². The normalized spacial score (nSPS) is 18.0. The number of rotatable bonds is 9. The van der Waals surface area contributed by atoms with E-state index in [-0.39, 0.29) is 30.6 Å². The monoisotopic (exact) mass is 475 g/mol. The first-order valence-electron chi connectivity index (χ1n) is 11.8. The van der Waals surface area contributed by atoms with Crippen molar-refractivity contribution in [3.8, 4) is 0 Å². The maximum absolute atomic E-state index is 13.4. The Kier molecular flexibility index (Phi) is 7.41. The number of esters is 1. The third-order valence-electron chi connectivity index (χ3n) is 6.76. The van der Waals surface area contributed by atoms with Crippen molar-refractivity contribution in [3.05, 3.63) is 82.4 Å². The lowest BCUT2D eigenvalue weighted by molar-refractivity contribution is -0.384. The molecule has 3 aromatic carbocycles. The number of nitrogens with zero attached hydrogens (tertiary/aromatic N) is 2. The Bertz CT molecular complexity index is 1220. The Morgan fingerprint density at radius 3 is 2.51 bits per heavy atom. The summed E-state index contributed by atoms with van der Waals surface area (Å²) in [7, 11) is 0. The van der Waals surface area contributed by atoms with Gasteiger partial charge in [0.2, 0.25) is 5.91 Å². The number of carbonyl (C=O) groups excluding carboxylic acids is 2. The van der Waals surface area contributed by atoms with Crippen LogP contribution < -0.4 is 10.6 Å². The number of piperidine rings is 1. The number of benzene rings is 3. The van der Waals surface area contributed by atoms with Crippen LogP contribution in [0.3, 0.4) is 0 Å². The molecule has 1 amide bonds. The number of unbranched alkanes of at least 4 members (excludes halogenated alkanes) is 1. The SMILES string of the molecule is NCCCCC1(C(=O)OCc2cccc3ccccc23)CCN(c2ccc([N+](=O)[O-])cc2)C(=O)C1. The molecule has 0 aliphatic carbocycles. The van der Waals surface area contributed by atoms with E-state index >= 15 is 0 Å². The summed E-state index contributed by atoms with van der Waals surface area (Å²) in [6, 6.07) is 19.7. The quantitative estimate of drug-likeness (QED) is 0.207. The molecule has 0 aromatic heterocycles. The molecular formula is C27H29N3O5. The van der Waals surface area contributed by atoms with Gasteiger partial charge in [-0.15, -0.1) is 0 Å². The van der Waals surface area contributed by atoms with Gasteiger partial charge in [-0.2, -0.15) is 0 Å². The van der Waals surface area contributed by atoms with E-state index in [0.717, 1.165) is 29.2 Å². The van der Waals surface area contributed by atoms with Crippen molar-refractivity contribution in [2.75, 3.05) is 18.0 Å². The van der Waals surface area contributed by atoms with Crippen molar-refractivity contribution in [1.82, 2.24) is 0 Å². The summed E-state index contributed by atoms with van der Waals surface area (Å²) < 4.78 is 5.83. The molecule has 8 nitrogen and oxygen atoms in total. The molecular weight excluding hydrogens is 446 g/mol. The predicted octanol–water partition coefficient (Wildman–Crippen LogP) is 4.73. The lowest BCUT2D eigenvalue weighted by Gasteiger charge is -2.39. The number of carbonyl (C=O) groups is 2. The summed E-state index contributed by atoms with van der Waals surface area (Å²) >= 11 is 0. The number of fused-ring (bicyclic) bond motifs is 1. The highest BCUT2D eigenvalue weighted by Crippen LogP contribution is 2.40. The van der Waals surface area contributed by atoms with E-state index in [9.17, 15) is 19.7 Å². The van der Waals surface area contributed by atoms with Gasteiger partial charge in [-0.1, -0.05) is 48.9 Å². The standard InChI is InChI=1S/C27H29N3O5/c28-16-4-3-14-27(26(32)35-19-21-8-5-7-20-6-1-2-9-24(20)21)15-17-29(25(31)18-27)22-10-12-23(13-11-22)30(33)34/h1-2,5-13H,3-4,14-19,28H2. The molecule has 1 heterocycles. The van der Waals surface area contributed by atoms with Gasteiger partial charge in [0.1, 0.15) is 6.61 Å². The Hall–Kier alpha value is -3.78. The summed E-state index contributed by atoms with van der Waals surface area (Å²) in [4.78, 5) is 38.7. The van der Waals surface area contributed by atoms with E-state index in [2.05, 4.69) is 0 Å². The molecule has 0 saturated carbocycles. The van der Waals surface area contributed by atoms with E-state index < -0.39 is 10.3 Å². The zero-order chi connectivity index (χ0) is 24.8. The highest BCUT2D eigenvalue weighted by Gasteiger charge is 2.46. The van der Waals surface area contributed by atoms with Crippen LogP contribution in [-0.4, -0.2) is 29.9 Å². The van der Waals surface area contributed by atoms with E-state index in [4.69, 9.17) is 10.5 Å². The second kappa shape index (κ2) is 10.7. The van der Waals surface area contributed by atoms with Crippen LogP contribution in [-0.2, 0) is 20.9 Å². The Morgan fingerprint density at radius 2 is 1.80 bits per heavy atom. The maximum atomic E-state index is 13.4. The summed E-state index contributed by atoms with van der Waals surface area (Å²) in [6.07, 6.45) is 2.50. The number of anilines is 1. The molecule has 2 N–H and O–H groups in total. The lowest BCUT2D eigenvalue weighted by Crippen LogP contribution is -2.48. The fourth-order valence-corrected chi connectivity index (χ4v) is 4.76. The highest BCUT2D eigenvalue weighted by molar-refractivity contribution is 5.98. The van der Waals surface area contributed by atoms with E-state index in [1.165, 1.54) is 12.1 Å². The molecule has 1 fully saturated rings. The number of non-ortho nitro benzene ring substituents is 1. The number of hydrogen-bond donors (Lipinski definition) is 1. The van der Waals surface area contributed by atoms with Gasteiger partial charge >= 0.3 is 5.97 Å². The Morgan fingerprint density at radius 1 is 1.06 bits per heavy atom. The minimum Gasteiger partial charge on any atom is -0.460 e. The van der Waals surface area contributed by atoms with Gasteiger partial charge in [-0.25, -0.2) is 0 Å². The number of nitrogens with two attached hydrogens (primary N) is 1. The van der Waals surface area contributed by atoms with Gasteiger partial charge in [-0.3, -0.25) is 19.7 Å². The van der Waals surface area contributed by atoms with Crippen LogP contribution in [0.4, 0.5) is 11.4 Å². The van der Waals surface area contributed by atoms with Crippen molar-refractivity contribution in [2.45, 2.75) is 38.7 Å². The second-order valence-corrected chi connectivity index (χ2v) is 8.99. The maximum Gasteiger partial charge on any atom is 0.313 e. The van der Waals surface area contributed by atoms with Gasteiger partial charge in [0.05, 0.1) is 10.3 Å². The highest BCUT2D eigenvalue weighted by atomic mass is 16.6. The molecule has 1 aliphatic rings. The van der Waals surface area contributed by atoms with Crippen molar-refractivity contribution >= 4 is 34.0 Å². The zero-order valence-electron chi connectivity index (χ0n) is 19.5. The van der Waals surface area contributed by atoms with Crippen LogP contribution in [0.5, 0.6) is 0 Å². The van der Waals surface area contributed by atoms with Gasteiger partial charge in [-0.05, 0) is 54.3 Å². The smallest absolute Gasteiger partial charge is 0.313 e. The average molecular weight is 476 g/mol. The van der Waals surface area contributed by atoms with Crippen molar-refractivity contribution in [1.29, 1.82) is 0 Å². The minimum absolute atomic E-state index is 0.0307. The Labute approximate surface area is 203 Å². The zero-order valence-corrected chi connectivity index (χ0v) is 19.5. The lowest BCUT2D eigenvalue weighted by atomic mass is 9.74. The van der Waals surface area contributed by atoms with Crippen LogP contribution in [0.1, 0.15) is 37.7 Å². The first-order valence-corrected chi connectivity index (χ1v) is 11.8. The summed E-state index contributed by atoms with van der Waals surface area (Å²) in [6.45, 7) is 0.992. The largest absolute Gasteiger partial charge is 0.460 e. The van der Waals surface area contributed by atoms with Crippen molar-refractivity contribution in [3.63, 3.8) is 0 Å². The first-order chi connectivity index (χ1) is 16.9. The summed E-state index contributed by atoms with van der Waals surface area (Å²) in [5.74, 6) is -0.556. The van der Waals surface area contributed by atoms with Crippen molar-refractivity contribution < 1.29 is 19.2 Å². The molecule has 0 spiro atoms. The fraction of sp³-hybridized carbons (Fsp3) is 0.333. The molecule has 35 heavy (non-hydrogen) atoms. The molecule has 182 valence electrons. The molecule has 8 heteroatoms.